The van der Waals surface area contributed by atoms with E-state index in [0.29, 0.717) is 12.6 Å². The Bertz CT molecular complexity index is 458. The summed E-state index contributed by atoms with van der Waals surface area (Å²) < 4.78 is 5.87. The zero-order valence-corrected chi connectivity index (χ0v) is 14.3. The first-order chi connectivity index (χ1) is 10.8. The predicted octanol–water partition coefficient (Wildman–Crippen LogP) is 2.43. The fourth-order valence-electron chi connectivity index (χ4n) is 2.44. The molecule has 1 aromatic rings. The van der Waals surface area contributed by atoms with Gasteiger partial charge in [-0.25, -0.2) is 4.98 Å². The summed E-state index contributed by atoms with van der Waals surface area (Å²) >= 11 is 1.81. The molecule has 2 N–H and O–H groups in total. The van der Waals surface area contributed by atoms with Gasteiger partial charge in [0.1, 0.15) is 6.10 Å². The first kappa shape index (κ1) is 16.9. The maximum absolute atomic E-state index is 5.87. The van der Waals surface area contributed by atoms with Gasteiger partial charge in [-0.2, -0.15) is 11.8 Å². The molecule has 2 rings (SSSR count). The quantitative estimate of drug-likeness (QED) is 0.459. The normalized spacial score (nSPS) is 15.8. The number of rotatable bonds is 7. The minimum atomic E-state index is 0.357. The molecule has 0 unspecified atom stereocenters. The van der Waals surface area contributed by atoms with Gasteiger partial charge >= 0.3 is 0 Å². The molecule has 0 aromatic carbocycles. The van der Waals surface area contributed by atoms with E-state index < -0.39 is 0 Å². The number of pyridine rings is 1. The van der Waals surface area contributed by atoms with Crippen LogP contribution in [0.2, 0.25) is 0 Å². The summed E-state index contributed by atoms with van der Waals surface area (Å²) in [4.78, 5) is 8.60. The van der Waals surface area contributed by atoms with Gasteiger partial charge < -0.3 is 15.4 Å². The minimum absolute atomic E-state index is 0.357. The molecule has 0 amide bonds. The summed E-state index contributed by atoms with van der Waals surface area (Å²) in [5.74, 6) is 2.62. The molecule has 0 saturated heterocycles. The molecule has 1 aromatic heterocycles. The van der Waals surface area contributed by atoms with Crippen LogP contribution in [0.3, 0.4) is 0 Å². The molecule has 6 heteroatoms. The highest BCUT2D eigenvalue weighted by atomic mass is 32.2. The Morgan fingerprint density at radius 1 is 1.36 bits per heavy atom. The molecule has 22 heavy (non-hydrogen) atoms. The molecule has 0 radical (unpaired) electrons. The Morgan fingerprint density at radius 2 is 2.18 bits per heavy atom. The predicted molar refractivity (Wildman–Crippen MR) is 93.7 cm³/mol. The zero-order valence-electron chi connectivity index (χ0n) is 13.5. The summed E-state index contributed by atoms with van der Waals surface area (Å²) in [7, 11) is 1.78. The van der Waals surface area contributed by atoms with E-state index in [4.69, 9.17) is 4.74 Å². The van der Waals surface area contributed by atoms with Crippen LogP contribution in [0.5, 0.6) is 5.88 Å². The molecule has 1 heterocycles. The first-order valence-electron chi connectivity index (χ1n) is 7.87. The lowest BCUT2D eigenvalue weighted by atomic mass is 10.3. The number of ether oxygens (including phenoxy) is 1. The monoisotopic (exact) mass is 322 g/mol. The van der Waals surface area contributed by atoms with Crippen LogP contribution in [-0.2, 0) is 6.54 Å². The van der Waals surface area contributed by atoms with Gasteiger partial charge in [0.15, 0.2) is 5.96 Å². The summed E-state index contributed by atoms with van der Waals surface area (Å²) in [6.07, 6.45) is 9.18. The first-order valence-corrected chi connectivity index (χ1v) is 9.26. The molecule has 5 nitrogen and oxygen atoms in total. The highest BCUT2D eigenvalue weighted by Crippen LogP contribution is 2.22. The van der Waals surface area contributed by atoms with E-state index in [1.807, 2.05) is 24.0 Å². The van der Waals surface area contributed by atoms with E-state index >= 15 is 0 Å². The summed E-state index contributed by atoms with van der Waals surface area (Å²) in [5.41, 5.74) is 1.12. The second-order valence-electron chi connectivity index (χ2n) is 5.37. The molecule has 1 fully saturated rings. The Labute approximate surface area is 137 Å². The lowest BCUT2D eigenvalue weighted by molar-refractivity contribution is 0.201. The fraction of sp³-hybridized carbons (Fsp3) is 0.625. The molecule has 1 aliphatic rings. The van der Waals surface area contributed by atoms with E-state index in [1.165, 1.54) is 12.8 Å². The number of aromatic nitrogens is 1. The van der Waals surface area contributed by atoms with Gasteiger partial charge in [0.2, 0.25) is 5.88 Å². The van der Waals surface area contributed by atoms with Gasteiger partial charge in [0.25, 0.3) is 0 Å². The lowest BCUT2D eigenvalue weighted by Gasteiger charge is -2.13. The van der Waals surface area contributed by atoms with Gasteiger partial charge in [-0.15, -0.1) is 0 Å². The highest BCUT2D eigenvalue weighted by Gasteiger charge is 2.16. The third kappa shape index (κ3) is 5.75. The number of guanidine groups is 1. The van der Waals surface area contributed by atoms with E-state index in [9.17, 15) is 0 Å². The topological polar surface area (TPSA) is 58.5 Å². The standard InChI is InChI=1S/C16H26N4OS/c1-17-16(18-9-10-22-2)20-12-13-7-8-15(19-11-13)21-14-5-3-4-6-14/h7-8,11,14H,3-6,9-10,12H2,1-2H3,(H2,17,18,20). The van der Waals surface area contributed by atoms with Crippen molar-refractivity contribution in [2.45, 2.75) is 38.3 Å². The Balaban J connectivity index is 1.75. The van der Waals surface area contributed by atoms with Crippen LogP contribution in [0.25, 0.3) is 0 Å². The lowest BCUT2D eigenvalue weighted by Crippen LogP contribution is -2.37. The molecule has 0 aliphatic heterocycles. The molecule has 0 atom stereocenters. The fourth-order valence-corrected chi connectivity index (χ4v) is 2.75. The molecular formula is C16H26N4OS. The van der Waals surface area contributed by atoms with Crippen LogP contribution in [0.15, 0.2) is 23.3 Å². The minimum Gasteiger partial charge on any atom is -0.474 e. The maximum atomic E-state index is 5.87. The van der Waals surface area contributed by atoms with Crippen LogP contribution < -0.4 is 15.4 Å². The van der Waals surface area contributed by atoms with Gasteiger partial charge in [0, 0.05) is 38.2 Å². The highest BCUT2D eigenvalue weighted by molar-refractivity contribution is 7.98. The Morgan fingerprint density at radius 3 is 2.82 bits per heavy atom. The molecular weight excluding hydrogens is 296 g/mol. The van der Waals surface area contributed by atoms with Crippen molar-refractivity contribution >= 4 is 17.7 Å². The molecule has 0 bridgehead atoms. The van der Waals surface area contributed by atoms with E-state index in [2.05, 4.69) is 32.9 Å². The van der Waals surface area contributed by atoms with Crippen LogP contribution >= 0.6 is 11.8 Å². The SMILES string of the molecule is CN=C(NCCSC)NCc1ccc(OC2CCCC2)nc1. The van der Waals surface area contributed by atoms with Gasteiger partial charge in [-0.3, -0.25) is 4.99 Å². The van der Waals surface area contributed by atoms with Crippen molar-refractivity contribution in [3.8, 4) is 5.88 Å². The number of hydrogen-bond acceptors (Lipinski definition) is 4. The van der Waals surface area contributed by atoms with Crippen molar-refractivity contribution in [3.63, 3.8) is 0 Å². The van der Waals surface area contributed by atoms with E-state index in [0.717, 1.165) is 42.5 Å². The number of thioether (sulfide) groups is 1. The Hall–Kier alpha value is -1.43. The maximum Gasteiger partial charge on any atom is 0.213 e. The van der Waals surface area contributed by atoms with Crippen molar-refractivity contribution in [2.75, 3.05) is 25.6 Å². The largest absolute Gasteiger partial charge is 0.474 e. The summed E-state index contributed by atoms with van der Waals surface area (Å²) in [6.45, 7) is 1.61. The van der Waals surface area contributed by atoms with Crippen molar-refractivity contribution < 1.29 is 4.74 Å². The average molecular weight is 322 g/mol. The van der Waals surface area contributed by atoms with Crippen LogP contribution in [-0.4, -0.2) is 42.6 Å². The molecule has 122 valence electrons. The van der Waals surface area contributed by atoms with Crippen LogP contribution in [0, 0.1) is 0 Å². The number of hydrogen-bond donors (Lipinski definition) is 2. The number of aliphatic imine (C=N–C) groups is 1. The number of nitrogens with one attached hydrogen (secondary N) is 2. The van der Waals surface area contributed by atoms with E-state index in [-0.39, 0.29) is 0 Å². The van der Waals surface area contributed by atoms with Crippen LogP contribution in [0.1, 0.15) is 31.2 Å². The van der Waals surface area contributed by atoms with E-state index in [1.54, 1.807) is 7.05 Å². The third-order valence-electron chi connectivity index (χ3n) is 3.67. The second-order valence-corrected chi connectivity index (χ2v) is 6.36. The van der Waals surface area contributed by atoms with Crippen molar-refractivity contribution in [3.05, 3.63) is 23.9 Å². The van der Waals surface area contributed by atoms with Gasteiger partial charge in [0.05, 0.1) is 0 Å². The zero-order chi connectivity index (χ0) is 15.6. The number of nitrogens with zero attached hydrogens (tertiary/aromatic N) is 2. The summed E-state index contributed by atoms with van der Waals surface area (Å²) in [6, 6.07) is 4.01. The van der Waals surface area contributed by atoms with Crippen molar-refractivity contribution in [2.24, 2.45) is 4.99 Å². The third-order valence-corrected chi connectivity index (χ3v) is 4.28. The molecule has 1 saturated carbocycles. The molecule has 0 spiro atoms. The molecule has 1 aliphatic carbocycles. The Kier molecular flexibility index (Phi) is 7.36. The van der Waals surface area contributed by atoms with Crippen LogP contribution in [0.4, 0.5) is 0 Å². The van der Waals surface area contributed by atoms with Gasteiger partial charge in [-0.1, -0.05) is 6.07 Å². The average Bonchev–Trinajstić information content (AvgIpc) is 3.05. The second kappa shape index (κ2) is 9.56. The smallest absolute Gasteiger partial charge is 0.213 e. The van der Waals surface area contributed by atoms with Crippen molar-refractivity contribution in [1.29, 1.82) is 0 Å². The summed E-state index contributed by atoms with van der Waals surface area (Å²) in [5, 5.41) is 6.56. The van der Waals surface area contributed by atoms with Crippen molar-refractivity contribution in [1.82, 2.24) is 15.6 Å². The van der Waals surface area contributed by atoms with Gasteiger partial charge in [-0.05, 0) is 37.5 Å².